The molecule has 5 rings (SSSR count). The molecule has 1 spiro atoms. The number of likely N-dealkylation sites (tertiary alicyclic amines) is 1. The molecule has 3 aromatic rings. The highest BCUT2D eigenvalue weighted by Crippen LogP contribution is 2.37. The van der Waals surface area contributed by atoms with Crippen molar-refractivity contribution < 1.29 is 18.8 Å². The number of amides is 2. The van der Waals surface area contributed by atoms with Crippen molar-refractivity contribution in [1.82, 2.24) is 10.1 Å². The maximum atomic E-state index is 12.3. The van der Waals surface area contributed by atoms with Gasteiger partial charge in [-0.3, -0.25) is 5.32 Å². The number of ether oxygens (including phenoxy) is 2. The molecular weight excluding hydrogens is 492 g/mol. The number of hydrogen-bond donors (Lipinski definition) is 2. The van der Waals surface area contributed by atoms with E-state index in [4.69, 9.17) is 14.0 Å². The predicted molar refractivity (Wildman–Crippen MR) is 151 cm³/mol. The molecule has 0 bridgehead atoms. The van der Waals surface area contributed by atoms with Gasteiger partial charge in [0.15, 0.2) is 5.82 Å². The standard InChI is InChI=1S/C31H36N4O4/c1-22-16-24(10-13-26(22)38-15-5-14-35-18-31(19-35)20-37-21-31)7-6-23-8-11-25(12-9-23)32-29(36)33-28-17-27(39-34-28)30(2,3)4/h8-13,16-17H,5,14-15,18-21H2,1-4H3,(H2,32,33,34,36). The first-order valence-corrected chi connectivity index (χ1v) is 13.4. The number of carbonyl (C=O) groups excluding carboxylic acids is 1. The Morgan fingerprint density at radius 2 is 1.77 bits per heavy atom. The number of nitrogens with zero attached hydrogens (tertiary/aromatic N) is 2. The molecule has 2 N–H and O–H groups in total. The normalized spacial score (nSPS) is 16.0. The van der Waals surface area contributed by atoms with Crippen LogP contribution in [0.2, 0.25) is 0 Å². The van der Waals surface area contributed by atoms with Crippen molar-refractivity contribution in [2.24, 2.45) is 5.41 Å². The van der Waals surface area contributed by atoms with Crippen LogP contribution < -0.4 is 15.4 Å². The van der Waals surface area contributed by atoms with E-state index in [1.165, 1.54) is 0 Å². The van der Waals surface area contributed by atoms with Gasteiger partial charge in [0.2, 0.25) is 0 Å². The molecule has 0 radical (unpaired) electrons. The van der Waals surface area contributed by atoms with Gasteiger partial charge in [-0.15, -0.1) is 0 Å². The molecule has 2 aliphatic rings. The number of carbonyl (C=O) groups is 1. The summed E-state index contributed by atoms with van der Waals surface area (Å²) in [6.45, 7) is 14.1. The highest BCUT2D eigenvalue weighted by molar-refractivity contribution is 5.99. The lowest BCUT2D eigenvalue weighted by molar-refractivity contribution is -0.189. The zero-order valence-electron chi connectivity index (χ0n) is 23.1. The number of nitrogens with one attached hydrogen (secondary N) is 2. The third kappa shape index (κ3) is 6.80. The summed E-state index contributed by atoms with van der Waals surface area (Å²) in [5.41, 5.74) is 3.80. The van der Waals surface area contributed by atoms with Crippen LogP contribution in [0.25, 0.3) is 0 Å². The van der Waals surface area contributed by atoms with E-state index in [2.05, 4.69) is 32.5 Å². The molecule has 0 atom stereocenters. The molecule has 2 aromatic carbocycles. The Hall–Kier alpha value is -3.80. The number of aromatic nitrogens is 1. The van der Waals surface area contributed by atoms with Crippen LogP contribution >= 0.6 is 0 Å². The highest BCUT2D eigenvalue weighted by atomic mass is 16.5. The zero-order valence-corrected chi connectivity index (χ0v) is 23.1. The van der Waals surface area contributed by atoms with Gasteiger partial charge in [0.05, 0.1) is 19.8 Å². The van der Waals surface area contributed by atoms with E-state index >= 15 is 0 Å². The predicted octanol–water partition coefficient (Wildman–Crippen LogP) is 5.43. The quantitative estimate of drug-likeness (QED) is 0.314. The van der Waals surface area contributed by atoms with E-state index in [-0.39, 0.29) is 5.41 Å². The summed E-state index contributed by atoms with van der Waals surface area (Å²) in [6, 6.07) is 14.7. The molecule has 0 unspecified atom stereocenters. The van der Waals surface area contributed by atoms with Crippen molar-refractivity contribution >= 4 is 17.5 Å². The first kappa shape index (κ1) is 26.8. The van der Waals surface area contributed by atoms with Crippen molar-refractivity contribution in [3.63, 3.8) is 0 Å². The van der Waals surface area contributed by atoms with Crippen molar-refractivity contribution in [2.45, 2.75) is 39.5 Å². The Morgan fingerprint density at radius 1 is 1.05 bits per heavy atom. The lowest BCUT2D eigenvalue weighted by atomic mass is 9.78. The molecule has 2 amide bonds. The fourth-order valence-corrected chi connectivity index (χ4v) is 4.74. The summed E-state index contributed by atoms with van der Waals surface area (Å²) in [6.07, 6.45) is 1.02. The second-order valence-corrected chi connectivity index (χ2v) is 11.6. The molecule has 3 heterocycles. The minimum Gasteiger partial charge on any atom is -0.493 e. The van der Waals surface area contributed by atoms with Crippen LogP contribution in [0.1, 0.15) is 49.6 Å². The number of urea groups is 1. The molecule has 1 aromatic heterocycles. The van der Waals surface area contributed by atoms with Gasteiger partial charge >= 0.3 is 6.03 Å². The van der Waals surface area contributed by atoms with E-state index in [1.807, 2.05) is 70.2 Å². The van der Waals surface area contributed by atoms with Crippen molar-refractivity contribution in [3.05, 3.63) is 71.0 Å². The average Bonchev–Trinajstić information content (AvgIpc) is 3.31. The Morgan fingerprint density at radius 3 is 2.41 bits per heavy atom. The Bertz CT molecular complexity index is 1370. The van der Waals surface area contributed by atoms with E-state index in [9.17, 15) is 4.79 Å². The SMILES string of the molecule is Cc1cc(C#Cc2ccc(NC(=O)Nc3cc(C(C)(C)C)on3)cc2)ccc1OCCCN1CC2(COC2)C1. The van der Waals surface area contributed by atoms with E-state index in [0.717, 1.165) is 61.7 Å². The zero-order chi connectivity index (χ0) is 27.5. The van der Waals surface area contributed by atoms with E-state index in [1.54, 1.807) is 6.07 Å². The smallest absolute Gasteiger partial charge is 0.324 e. The maximum absolute atomic E-state index is 12.3. The van der Waals surface area contributed by atoms with Gasteiger partial charge in [-0.2, -0.15) is 0 Å². The van der Waals surface area contributed by atoms with Gasteiger partial charge in [0.25, 0.3) is 0 Å². The van der Waals surface area contributed by atoms with E-state index in [0.29, 0.717) is 29.3 Å². The molecule has 2 fully saturated rings. The molecule has 0 aliphatic carbocycles. The van der Waals surface area contributed by atoms with Crippen LogP contribution in [0.15, 0.2) is 53.1 Å². The van der Waals surface area contributed by atoms with Crippen LogP contribution in [-0.2, 0) is 10.2 Å². The minimum atomic E-state index is -0.391. The minimum absolute atomic E-state index is 0.182. The maximum Gasteiger partial charge on any atom is 0.324 e. The highest BCUT2D eigenvalue weighted by Gasteiger charge is 2.48. The van der Waals surface area contributed by atoms with Gasteiger partial charge < -0.3 is 24.2 Å². The van der Waals surface area contributed by atoms with Crippen molar-refractivity contribution in [1.29, 1.82) is 0 Å². The topological polar surface area (TPSA) is 88.9 Å². The summed E-state index contributed by atoms with van der Waals surface area (Å²) in [4.78, 5) is 14.8. The molecule has 2 saturated heterocycles. The number of hydrogen-bond acceptors (Lipinski definition) is 6. The molecule has 204 valence electrons. The first-order valence-electron chi connectivity index (χ1n) is 13.4. The van der Waals surface area contributed by atoms with Gasteiger partial charge in [-0.05, 0) is 61.4 Å². The number of aryl methyl sites for hydroxylation is 1. The van der Waals surface area contributed by atoms with Crippen molar-refractivity contribution in [3.8, 4) is 17.6 Å². The van der Waals surface area contributed by atoms with Crippen LogP contribution in [0.3, 0.4) is 0 Å². The van der Waals surface area contributed by atoms with Crippen LogP contribution in [0, 0.1) is 24.2 Å². The van der Waals surface area contributed by atoms with Gasteiger partial charge in [0.1, 0.15) is 11.5 Å². The molecule has 0 saturated carbocycles. The molecule has 2 aliphatic heterocycles. The summed E-state index contributed by atoms with van der Waals surface area (Å²) in [7, 11) is 0. The Kier molecular flexibility index (Phi) is 7.65. The summed E-state index contributed by atoms with van der Waals surface area (Å²) < 4.78 is 16.7. The fourth-order valence-electron chi connectivity index (χ4n) is 4.74. The monoisotopic (exact) mass is 528 g/mol. The third-order valence-corrected chi connectivity index (χ3v) is 6.97. The lowest BCUT2D eigenvalue weighted by Gasteiger charge is -2.55. The van der Waals surface area contributed by atoms with Crippen LogP contribution in [-0.4, -0.2) is 55.5 Å². The first-order chi connectivity index (χ1) is 18.7. The van der Waals surface area contributed by atoms with Gasteiger partial charge in [-0.1, -0.05) is 37.8 Å². The number of rotatable bonds is 7. The van der Waals surface area contributed by atoms with Crippen LogP contribution in [0.4, 0.5) is 16.3 Å². The average molecular weight is 529 g/mol. The second kappa shape index (κ2) is 11.1. The molecule has 8 nitrogen and oxygen atoms in total. The third-order valence-electron chi connectivity index (χ3n) is 6.97. The van der Waals surface area contributed by atoms with Gasteiger partial charge in [0, 0.05) is 53.3 Å². The Labute approximate surface area is 230 Å². The molecular formula is C31H36N4O4. The Balaban J connectivity index is 1.06. The fraction of sp³-hybridized carbons (Fsp3) is 0.419. The van der Waals surface area contributed by atoms with E-state index < -0.39 is 6.03 Å². The largest absolute Gasteiger partial charge is 0.493 e. The molecule has 8 heteroatoms. The second-order valence-electron chi connectivity index (χ2n) is 11.6. The van der Waals surface area contributed by atoms with Crippen LogP contribution in [0.5, 0.6) is 5.75 Å². The summed E-state index contributed by atoms with van der Waals surface area (Å²) >= 11 is 0. The molecule has 39 heavy (non-hydrogen) atoms. The summed E-state index contributed by atoms with van der Waals surface area (Å²) in [5, 5.41) is 9.39. The number of benzene rings is 2. The van der Waals surface area contributed by atoms with Crippen molar-refractivity contribution in [2.75, 3.05) is 50.1 Å². The van der Waals surface area contributed by atoms with Gasteiger partial charge in [-0.25, -0.2) is 4.79 Å². The number of anilines is 2. The lowest BCUT2D eigenvalue weighted by Crippen LogP contribution is -2.65. The summed E-state index contributed by atoms with van der Waals surface area (Å²) in [5.74, 6) is 8.37.